The lowest BCUT2D eigenvalue weighted by atomic mass is 9.68. The van der Waals surface area contributed by atoms with Crippen molar-refractivity contribution in [1.29, 1.82) is 0 Å². The Morgan fingerprint density at radius 1 is 0.811 bits per heavy atom. The molecule has 2 aliphatic carbocycles. The first-order valence-corrected chi connectivity index (χ1v) is 14.1. The van der Waals surface area contributed by atoms with Crippen LogP contribution in [0.3, 0.4) is 0 Å². The van der Waals surface area contributed by atoms with Gasteiger partial charge in [0.25, 0.3) is 0 Å². The van der Waals surface area contributed by atoms with Crippen LogP contribution in [0.5, 0.6) is 0 Å². The molecule has 0 aromatic heterocycles. The van der Waals surface area contributed by atoms with Crippen LogP contribution in [0, 0.1) is 23.6 Å². The number of hydrogen-bond acceptors (Lipinski definition) is 0. The second kappa shape index (κ2) is 12.6. The molecule has 0 heterocycles. The van der Waals surface area contributed by atoms with Gasteiger partial charge in [0.1, 0.15) is 11.6 Å². The van der Waals surface area contributed by atoms with Gasteiger partial charge >= 0.3 is 6.18 Å². The molecule has 0 saturated heterocycles. The van der Waals surface area contributed by atoms with E-state index in [1.54, 1.807) is 6.07 Å². The number of alkyl halides is 3. The molecule has 0 atom stereocenters. The molecule has 0 spiro atoms. The first-order chi connectivity index (χ1) is 17.7. The third-order valence-electron chi connectivity index (χ3n) is 8.70. The molecule has 5 heteroatoms. The minimum atomic E-state index is -4.59. The highest BCUT2D eigenvalue weighted by molar-refractivity contribution is 5.64. The Bertz CT molecular complexity index is 1020. The van der Waals surface area contributed by atoms with Gasteiger partial charge in [-0.3, -0.25) is 0 Å². The van der Waals surface area contributed by atoms with E-state index in [2.05, 4.69) is 31.2 Å². The number of allylic oxidation sites excluding steroid dienone is 2. The molecule has 0 bridgehead atoms. The van der Waals surface area contributed by atoms with Crippen molar-refractivity contribution >= 4 is 0 Å². The van der Waals surface area contributed by atoms with Crippen LogP contribution in [-0.2, 0) is 6.42 Å². The lowest BCUT2D eigenvalue weighted by Crippen LogP contribution is -2.26. The molecule has 2 aromatic rings. The van der Waals surface area contributed by atoms with Gasteiger partial charge in [0.2, 0.25) is 0 Å². The number of halogens is 5. The normalized spacial score (nSPS) is 25.3. The summed E-state index contributed by atoms with van der Waals surface area (Å²) in [7, 11) is 0. The molecule has 0 aliphatic heterocycles. The molecule has 0 N–H and O–H groups in total. The summed E-state index contributed by atoms with van der Waals surface area (Å²) >= 11 is 0. The maximum absolute atomic E-state index is 15.2. The summed E-state index contributed by atoms with van der Waals surface area (Å²) in [5.74, 6) is -0.608. The van der Waals surface area contributed by atoms with E-state index in [1.165, 1.54) is 24.8 Å². The highest BCUT2D eigenvalue weighted by Gasteiger charge is 2.34. The van der Waals surface area contributed by atoms with Gasteiger partial charge in [0, 0.05) is 5.92 Å². The van der Waals surface area contributed by atoms with Crippen LogP contribution in [-0.4, -0.2) is 6.18 Å². The summed E-state index contributed by atoms with van der Waals surface area (Å²) in [5.41, 5.74) is 4.05. The van der Waals surface area contributed by atoms with E-state index in [4.69, 9.17) is 0 Å². The first kappa shape index (κ1) is 27.9. The first-order valence-electron chi connectivity index (χ1n) is 14.1. The van der Waals surface area contributed by atoms with E-state index in [0.29, 0.717) is 24.7 Å². The van der Waals surface area contributed by atoms with E-state index < -0.39 is 17.9 Å². The smallest absolute Gasteiger partial charge is 0.212 e. The van der Waals surface area contributed by atoms with Crippen LogP contribution in [0.15, 0.2) is 54.4 Å². The van der Waals surface area contributed by atoms with Gasteiger partial charge in [-0.05, 0) is 110 Å². The molecule has 0 radical (unpaired) electrons. The van der Waals surface area contributed by atoms with Crippen molar-refractivity contribution in [2.24, 2.45) is 17.8 Å². The quantitative estimate of drug-likeness (QED) is 0.241. The lowest BCUT2D eigenvalue weighted by molar-refractivity contribution is -0.0821. The van der Waals surface area contributed by atoms with E-state index in [1.807, 2.05) is 12.1 Å². The van der Waals surface area contributed by atoms with Crippen molar-refractivity contribution in [1.82, 2.24) is 0 Å². The van der Waals surface area contributed by atoms with Crippen molar-refractivity contribution in [2.75, 3.05) is 0 Å². The van der Waals surface area contributed by atoms with Gasteiger partial charge in [-0.2, -0.15) is 13.2 Å². The fraction of sp³-hybridized carbons (Fsp3) is 0.562. The maximum atomic E-state index is 15.2. The van der Waals surface area contributed by atoms with Crippen LogP contribution < -0.4 is 0 Å². The Kier molecular flexibility index (Phi) is 9.47. The third-order valence-corrected chi connectivity index (χ3v) is 8.70. The van der Waals surface area contributed by atoms with Crippen molar-refractivity contribution in [2.45, 2.75) is 96.1 Å². The second-order valence-electron chi connectivity index (χ2n) is 11.2. The average Bonchev–Trinajstić information content (AvgIpc) is 2.88. The van der Waals surface area contributed by atoms with Gasteiger partial charge in [0.05, 0.1) is 6.08 Å². The predicted molar refractivity (Wildman–Crippen MR) is 140 cm³/mol. The number of unbranched alkanes of at least 4 members (excludes halogenated alkanes) is 2. The summed E-state index contributed by atoms with van der Waals surface area (Å²) in [6.07, 6.45) is 6.33. The monoisotopic (exact) mass is 518 g/mol. The van der Waals surface area contributed by atoms with Gasteiger partial charge in [-0.25, -0.2) is 8.78 Å². The Hall–Kier alpha value is -2.17. The SMILES string of the molecule is CCCCCc1ccc(-c2ccc(C3CCC(C4CCC(C(F)=CC(F)(F)F)CC4)CC3)c(F)c2)cc1. The van der Waals surface area contributed by atoms with Crippen LogP contribution in [0.25, 0.3) is 11.1 Å². The highest BCUT2D eigenvalue weighted by atomic mass is 19.4. The molecule has 0 nitrogen and oxygen atoms in total. The van der Waals surface area contributed by atoms with Gasteiger partial charge in [-0.15, -0.1) is 0 Å². The van der Waals surface area contributed by atoms with Crippen LogP contribution in [0.4, 0.5) is 22.0 Å². The summed E-state index contributed by atoms with van der Waals surface area (Å²) in [5, 5.41) is 0. The lowest BCUT2D eigenvalue weighted by Gasteiger charge is -2.37. The Morgan fingerprint density at radius 3 is 1.97 bits per heavy atom. The van der Waals surface area contributed by atoms with E-state index >= 15 is 4.39 Å². The molecule has 0 unspecified atom stereocenters. The molecule has 4 rings (SSSR count). The summed E-state index contributed by atoms with van der Waals surface area (Å²) < 4.78 is 66.5. The molecule has 0 amide bonds. The van der Waals surface area contributed by atoms with Crippen LogP contribution >= 0.6 is 0 Å². The maximum Gasteiger partial charge on any atom is 0.412 e. The number of benzene rings is 2. The third kappa shape index (κ3) is 7.67. The molecule has 37 heavy (non-hydrogen) atoms. The van der Waals surface area contributed by atoms with Crippen LogP contribution in [0.2, 0.25) is 0 Å². The molecule has 2 fully saturated rings. The minimum absolute atomic E-state index is 0.139. The Labute approximate surface area is 218 Å². The van der Waals surface area contributed by atoms with Crippen molar-refractivity contribution < 1.29 is 22.0 Å². The molecule has 2 saturated carbocycles. The fourth-order valence-corrected chi connectivity index (χ4v) is 6.52. The largest absolute Gasteiger partial charge is 0.412 e. The standard InChI is InChI=1S/C32H39F5/c1-2-3-4-5-22-6-8-25(9-7-22)28-18-19-29(30(33)20-28)26-14-10-23(11-15-26)24-12-16-27(17-13-24)31(34)21-32(35,36)37/h6-9,18-21,23-24,26-27H,2-5,10-17H2,1H3. The molecule has 202 valence electrons. The zero-order valence-corrected chi connectivity index (χ0v) is 21.8. The van der Waals surface area contributed by atoms with Gasteiger partial charge < -0.3 is 0 Å². The average molecular weight is 519 g/mol. The molecular formula is C32H39F5. The number of aryl methyl sites for hydroxylation is 1. The van der Waals surface area contributed by atoms with Crippen molar-refractivity contribution in [3.8, 4) is 11.1 Å². The number of rotatable bonds is 8. The Balaban J connectivity index is 1.29. The minimum Gasteiger partial charge on any atom is -0.212 e. The van der Waals surface area contributed by atoms with Gasteiger partial charge in [0.15, 0.2) is 0 Å². The fourth-order valence-electron chi connectivity index (χ4n) is 6.52. The predicted octanol–water partition coefficient (Wildman–Crippen LogP) is 10.7. The van der Waals surface area contributed by atoms with Crippen LogP contribution in [0.1, 0.15) is 94.6 Å². The summed E-state index contributed by atoms with van der Waals surface area (Å²) in [6, 6.07) is 14.1. The summed E-state index contributed by atoms with van der Waals surface area (Å²) in [4.78, 5) is 0. The van der Waals surface area contributed by atoms with E-state index in [-0.39, 0.29) is 17.8 Å². The Morgan fingerprint density at radius 2 is 1.41 bits per heavy atom. The topological polar surface area (TPSA) is 0 Å². The molecular weight excluding hydrogens is 479 g/mol. The molecule has 2 aromatic carbocycles. The summed E-state index contributed by atoms with van der Waals surface area (Å²) in [6.45, 7) is 2.20. The van der Waals surface area contributed by atoms with E-state index in [0.717, 1.165) is 61.6 Å². The van der Waals surface area contributed by atoms with Crippen molar-refractivity contribution in [3.63, 3.8) is 0 Å². The zero-order valence-electron chi connectivity index (χ0n) is 21.8. The number of hydrogen-bond donors (Lipinski definition) is 0. The second-order valence-corrected chi connectivity index (χ2v) is 11.2. The van der Waals surface area contributed by atoms with Crippen molar-refractivity contribution in [3.05, 3.63) is 71.3 Å². The molecule has 2 aliphatic rings. The van der Waals surface area contributed by atoms with Gasteiger partial charge in [-0.1, -0.05) is 56.2 Å². The van der Waals surface area contributed by atoms with E-state index in [9.17, 15) is 17.6 Å². The highest BCUT2D eigenvalue weighted by Crippen LogP contribution is 2.46. The zero-order chi connectivity index (χ0) is 26.4.